The second-order valence-electron chi connectivity index (χ2n) is 5.54. The van der Waals surface area contributed by atoms with Gasteiger partial charge in [0.15, 0.2) is 0 Å². The van der Waals surface area contributed by atoms with Crippen LogP contribution in [0.4, 0.5) is 11.6 Å². The Labute approximate surface area is 153 Å². The van der Waals surface area contributed by atoms with Gasteiger partial charge in [-0.25, -0.2) is 0 Å². The molecule has 3 rings (SSSR count). The van der Waals surface area contributed by atoms with Crippen molar-refractivity contribution in [1.82, 2.24) is 9.97 Å². The molecule has 1 heterocycles. The fourth-order valence-corrected chi connectivity index (χ4v) is 2.63. The van der Waals surface area contributed by atoms with Crippen LogP contribution in [-0.2, 0) is 0 Å². The molecule has 0 saturated heterocycles. The molecule has 134 valence electrons. The van der Waals surface area contributed by atoms with Crippen molar-refractivity contribution in [2.24, 2.45) is 0 Å². The number of hydrogen-bond acceptors (Lipinski definition) is 6. The molecular formula is C20H21N3O3. The number of rotatable bonds is 6. The number of para-hydroxylation sites is 1. The monoisotopic (exact) mass is 351 g/mol. The van der Waals surface area contributed by atoms with E-state index in [4.69, 9.17) is 14.2 Å². The van der Waals surface area contributed by atoms with Crippen LogP contribution in [0.1, 0.15) is 0 Å². The lowest BCUT2D eigenvalue weighted by molar-refractivity contribution is 0.375. The highest BCUT2D eigenvalue weighted by molar-refractivity contribution is 5.75. The minimum atomic E-state index is 0.444. The summed E-state index contributed by atoms with van der Waals surface area (Å²) in [4.78, 5) is 11.0. The van der Waals surface area contributed by atoms with Gasteiger partial charge in [-0.05, 0) is 29.8 Å². The maximum Gasteiger partial charge on any atom is 0.236 e. The Kier molecular flexibility index (Phi) is 5.22. The highest BCUT2D eigenvalue weighted by Crippen LogP contribution is 2.38. The van der Waals surface area contributed by atoms with E-state index in [-0.39, 0.29) is 0 Å². The number of ether oxygens (including phenoxy) is 3. The predicted octanol–water partition coefficient (Wildman–Crippen LogP) is 3.94. The van der Waals surface area contributed by atoms with Gasteiger partial charge >= 0.3 is 0 Å². The fourth-order valence-electron chi connectivity index (χ4n) is 2.63. The number of nitrogens with zero attached hydrogens (tertiary/aromatic N) is 3. The van der Waals surface area contributed by atoms with Crippen LogP contribution in [0.5, 0.6) is 17.5 Å². The first-order valence-electron chi connectivity index (χ1n) is 8.11. The van der Waals surface area contributed by atoms with Gasteiger partial charge in [-0.1, -0.05) is 30.3 Å². The molecule has 0 aliphatic rings. The zero-order chi connectivity index (χ0) is 18.5. The van der Waals surface area contributed by atoms with Crippen LogP contribution in [0.15, 0.2) is 54.6 Å². The molecule has 0 radical (unpaired) electrons. The van der Waals surface area contributed by atoms with E-state index in [1.807, 2.05) is 66.5 Å². The summed E-state index contributed by atoms with van der Waals surface area (Å²) < 4.78 is 16.3. The molecule has 0 atom stereocenters. The van der Waals surface area contributed by atoms with E-state index in [1.165, 1.54) is 0 Å². The first-order chi connectivity index (χ1) is 12.7. The Morgan fingerprint density at radius 3 is 1.81 bits per heavy atom. The summed E-state index contributed by atoms with van der Waals surface area (Å²) in [7, 11) is 6.70. The van der Waals surface area contributed by atoms with E-state index in [0.717, 1.165) is 17.0 Å². The van der Waals surface area contributed by atoms with Gasteiger partial charge < -0.3 is 19.1 Å². The van der Waals surface area contributed by atoms with Crippen molar-refractivity contribution < 1.29 is 14.2 Å². The van der Waals surface area contributed by atoms with Crippen LogP contribution < -0.4 is 19.1 Å². The van der Waals surface area contributed by atoms with Crippen molar-refractivity contribution >= 4 is 11.6 Å². The van der Waals surface area contributed by atoms with Crippen molar-refractivity contribution in [3.05, 3.63) is 54.6 Å². The maximum atomic E-state index is 5.54. The second kappa shape index (κ2) is 7.74. The van der Waals surface area contributed by atoms with Gasteiger partial charge in [-0.3, -0.25) is 0 Å². The summed E-state index contributed by atoms with van der Waals surface area (Å²) in [6.45, 7) is 0. The molecule has 0 N–H and O–H groups in total. The second-order valence-corrected chi connectivity index (χ2v) is 5.54. The molecule has 6 heteroatoms. The van der Waals surface area contributed by atoms with Crippen LogP contribution in [0.25, 0.3) is 11.1 Å². The molecule has 0 spiro atoms. The normalized spacial score (nSPS) is 10.3. The summed E-state index contributed by atoms with van der Waals surface area (Å²) in [6.07, 6.45) is 0. The molecule has 6 nitrogen and oxygen atoms in total. The summed E-state index contributed by atoms with van der Waals surface area (Å²) in [5, 5.41) is 0. The topological polar surface area (TPSA) is 56.7 Å². The van der Waals surface area contributed by atoms with Crippen LogP contribution in [0, 0.1) is 0 Å². The van der Waals surface area contributed by atoms with Gasteiger partial charge in [0.2, 0.25) is 17.7 Å². The van der Waals surface area contributed by atoms with E-state index >= 15 is 0 Å². The Morgan fingerprint density at radius 1 is 0.731 bits per heavy atom. The minimum Gasteiger partial charge on any atom is -0.497 e. The molecule has 26 heavy (non-hydrogen) atoms. The van der Waals surface area contributed by atoms with Crippen LogP contribution in [0.3, 0.4) is 0 Å². The van der Waals surface area contributed by atoms with E-state index in [0.29, 0.717) is 23.3 Å². The molecule has 0 fully saturated rings. The molecule has 3 aromatic rings. The molecule has 0 aliphatic heterocycles. The van der Waals surface area contributed by atoms with Crippen molar-refractivity contribution in [3.63, 3.8) is 0 Å². The standard InChI is InChI=1S/C20H21N3O3/c1-23(15-8-6-5-7-9-15)20-21-18(25-3)17(19(22-20)26-4)14-10-12-16(24-2)13-11-14/h5-13H,1-4H3. The number of aromatic nitrogens is 2. The summed E-state index contributed by atoms with van der Waals surface area (Å²) >= 11 is 0. The maximum absolute atomic E-state index is 5.54. The molecule has 0 amide bonds. The quantitative estimate of drug-likeness (QED) is 0.670. The van der Waals surface area contributed by atoms with Crippen molar-refractivity contribution in [2.75, 3.05) is 33.3 Å². The molecule has 1 aromatic heterocycles. The lowest BCUT2D eigenvalue weighted by Crippen LogP contribution is -2.14. The zero-order valence-electron chi connectivity index (χ0n) is 15.3. The highest BCUT2D eigenvalue weighted by atomic mass is 16.5. The van der Waals surface area contributed by atoms with E-state index in [1.54, 1.807) is 21.3 Å². The highest BCUT2D eigenvalue weighted by Gasteiger charge is 2.20. The molecule has 0 saturated carbocycles. The SMILES string of the molecule is COc1ccc(-c2c(OC)nc(N(C)c3ccccc3)nc2OC)cc1. The smallest absolute Gasteiger partial charge is 0.236 e. The van der Waals surface area contributed by atoms with Gasteiger partial charge in [0.25, 0.3) is 0 Å². The lowest BCUT2D eigenvalue weighted by Gasteiger charge is -2.20. The van der Waals surface area contributed by atoms with E-state index < -0.39 is 0 Å². The average molecular weight is 351 g/mol. The van der Waals surface area contributed by atoms with E-state index in [9.17, 15) is 0 Å². The third kappa shape index (κ3) is 3.39. The van der Waals surface area contributed by atoms with Crippen molar-refractivity contribution in [3.8, 4) is 28.6 Å². The summed E-state index contributed by atoms with van der Waals surface area (Å²) in [5.74, 6) is 2.15. The minimum absolute atomic E-state index is 0.444. The fraction of sp³-hybridized carbons (Fsp3) is 0.200. The largest absolute Gasteiger partial charge is 0.497 e. The Hall–Kier alpha value is -3.28. The van der Waals surface area contributed by atoms with Gasteiger partial charge in [0, 0.05) is 12.7 Å². The summed E-state index contributed by atoms with van der Waals surface area (Å²) in [5.41, 5.74) is 2.55. The van der Waals surface area contributed by atoms with Crippen LogP contribution >= 0.6 is 0 Å². The van der Waals surface area contributed by atoms with Crippen molar-refractivity contribution in [2.45, 2.75) is 0 Å². The molecular weight excluding hydrogens is 330 g/mol. The summed E-state index contributed by atoms with van der Waals surface area (Å²) in [6, 6.07) is 17.5. The number of hydrogen-bond donors (Lipinski definition) is 0. The van der Waals surface area contributed by atoms with Gasteiger partial charge in [0.05, 0.1) is 21.3 Å². The lowest BCUT2D eigenvalue weighted by atomic mass is 10.1. The number of benzene rings is 2. The number of anilines is 2. The Morgan fingerprint density at radius 2 is 1.31 bits per heavy atom. The molecule has 0 bridgehead atoms. The third-order valence-electron chi connectivity index (χ3n) is 4.04. The predicted molar refractivity (Wildman–Crippen MR) is 102 cm³/mol. The molecule has 2 aromatic carbocycles. The molecule has 0 unspecified atom stereocenters. The Balaban J connectivity index is 2.08. The first kappa shape index (κ1) is 17.5. The van der Waals surface area contributed by atoms with Crippen LogP contribution in [-0.4, -0.2) is 38.3 Å². The van der Waals surface area contributed by atoms with Crippen LogP contribution in [0.2, 0.25) is 0 Å². The van der Waals surface area contributed by atoms with Gasteiger partial charge in [0.1, 0.15) is 11.3 Å². The zero-order valence-corrected chi connectivity index (χ0v) is 15.3. The number of methoxy groups -OCH3 is 3. The van der Waals surface area contributed by atoms with Gasteiger partial charge in [-0.15, -0.1) is 0 Å². The molecule has 0 aliphatic carbocycles. The van der Waals surface area contributed by atoms with Crippen molar-refractivity contribution in [1.29, 1.82) is 0 Å². The Bertz CT molecular complexity index is 842. The third-order valence-corrected chi connectivity index (χ3v) is 4.04. The van der Waals surface area contributed by atoms with Gasteiger partial charge in [-0.2, -0.15) is 9.97 Å². The average Bonchev–Trinajstić information content (AvgIpc) is 2.72. The van der Waals surface area contributed by atoms with E-state index in [2.05, 4.69) is 9.97 Å². The first-order valence-corrected chi connectivity index (χ1v) is 8.11.